The molecule has 1 aliphatic heterocycles. The lowest BCUT2D eigenvalue weighted by atomic mass is 9.95. The summed E-state index contributed by atoms with van der Waals surface area (Å²) in [5.41, 5.74) is 0.778. The van der Waals surface area contributed by atoms with E-state index in [2.05, 4.69) is 10.6 Å². The average molecular weight is 350 g/mol. The standard InChI is InChI=1S/C18H26N2O3S/c21-16-3-1-2-4-17(16)23-15-7-5-13(6-8-15)20-18(22)11-14-12-24-10-9-19-14/h5-8,14,16-17,19,21H,1-4,9-12H2,(H,20,22). The molecule has 3 rings (SSSR count). The van der Waals surface area contributed by atoms with Crippen LogP contribution in [0.1, 0.15) is 32.1 Å². The molecule has 132 valence electrons. The first-order valence-electron chi connectivity index (χ1n) is 8.76. The summed E-state index contributed by atoms with van der Waals surface area (Å²) in [6.45, 7) is 0.974. The first-order valence-corrected chi connectivity index (χ1v) is 9.92. The average Bonchev–Trinajstić information content (AvgIpc) is 2.59. The van der Waals surface area contributed by atoms with Crippen LogP contribution in [-0.2, 0) is 4.79 Å². The smallest absolute Gasteiger partial charge is 0.225 e. The van der Waals surface area contributed by atoms with E-state index >= 15 is 0 Å². The predicted molar refractivity (Wildman–Crippen MR) is 97.7 cm³/mol. The van der Waals surface area contributed by atoms with E-state index in [0.29, 0.717) is 6.42 Å². The molecule has 3 unspecified atom stereocenters. The minimum absolute atomic E-state index is 0.0337. The van der Waals surface area contributed by atoms with Crippen LogP contribution in [0.4, 0.5) is 5.69 Å². The van der Waals surface area contributed by atoms with Crippen LogP contribution in [0.3, 0.4) is 0 Å². The van der Waals surface area contributed by atoms with Gasteiger partial charge in [-0.15, -0.1) is 0 Å². The Labute approximate surface area is 147 Å². The van der Waals surface area contributed by atoms with Crippen molar-refractivity contribution in [3.05, 3.63) is 24.3 Å². The number of aliphatic hydroxyl groups is 1. The highest BCUT2D eigenvalue weighted by molar-refractivity contribution is 7.99. The number of benzene rings is 1. The number of ether oxygens (including phenoxy) is 1. The Morgan fingerprint density at radius 3 is 2.79 bits per heavy atom. The van der Waals surface area contributed by atoms with Crippen molar-refractivity contribution in [2.45, 2.75) is 50.4 Å². The molecule has 1 heterocycles. The zero-order valence-electron chi connectivity index (χ0n) is 13.9. The van der Waals surface area contributed by atoms with Gasteiger partial charge in [-0.1, -0.05) is 6.42 Å². The molecule has 2 fully saturated rings. The first kappa shape index (κ1) is 17.6. The zero-order valence-corrected chi connectivity index (χ0v) is 14.7. The molecule has 0 spiro atoms. The quantitative estimate of drug-likeness (QED) is 0.761. The Balaban J connectivity index is 1.47. The van der Waals surface area contributed by atoms with E-state index in [1.165, 1.54) is 0 Å². The van der Waals surface area contributed by atoms with Gasteiger partial charge in [-0.25, -0.2) is 0 Å². The first-order chi connectivity index (χ1) is 11.7. The fourth-order valence-corrected chi connectivity index (χ4v) is 4.14. The van der Waals surface area contributed by atoms with Gasteiger partial charge in [0.2, 0.25) is 5.91 Å². The Morgan fingerprint density at radius 2 is 2.08 bits per heavy atom. The molecule has 24 heavy (non-hydrogen) atoms. The van der Waals surface area contributed by atoms with Crippen molar-refractivity contribution in [3.63, 3.8) is 0 Å². The van der Waals surface area contributed by atoms with Crippen LogP contribution in [0.15, 0.2) is 24.3 Å². The van der Waals surface area contributed by atoms with Gasteiger partial charge in [-0.3, -0.25) is 4.79 Å². The highest BCUT2D eigenvalue weighted by Crippen LogP contribution is 2.25. The molecule has 3 atom stereocenters. The third kappa shape index (κ3) is 5.13. The van der Waals surface area contributed by atoms with Crippen LogP contribution in [0, 0.1) is 0 Å². The number of carbonyl (C=O) groups excluding carboxylic acids is 1. The number of hydrogen-bond donors (Lipinski definition) is 3. The molecule has 1 aliphatic carbocycles. The van der Waals surface area contributed by atoms with E-state index in [9.17, 15) is 9.90 Å². The van der Waals surface area contributed by atoms with Crippen molar-refractivity contribution in [2.75, 3.05) is 23.4 Å². The van der Waals surface area contributed by atoms with Gasteiger partial charge in [0.25, 0.3) is 0 Å². The van der Waals surface area contributed by atoms with Crippen LogP contribution < -0.4 is 15.4 Å². The second-order valence-corrected chi connectivity index (χ2v) is 7.66. The van der Waals surface area contributed by atoms with Gasteiger partial charge in [-0.2, -0.15) is 11.8 Å². The molecule has 1 amide bonds. The minimum atomic E-state index is -0.376. The van der Waals surface area contributed by atoms with Crippen molar-refractivity contribution >= 4 is 23.4 Å². The molecule has 3 N–H and O–H groups in total. The number of rotatable bonds is 5. The fourth-order valence-electron chi connectivity index (χ4n) is 3.19. The molecule has 0 bridgehead atoms. The summed E-state index contributed by atoms with van der Waals surface area (Å²) in [4.78, 5) is 12.1. The normalized spacial score (nSPS) is 27.5. The maximum absolute atomic E-state index is 12.1. The van der Waals surface area contributed by atoms with Crippen molar-refractivity contribution in [1.82, 2.24) is 5.32 Å². The van der Waals surface area contributed by atoms with E-state index in [1.54, 1.807) is 0 Å². The largest absolute Gasteiger partial charge is 0.488 e. The SMILES string of the molecule is O=C(CC1CSCCN1)Nc1ccc(OC2CCCCC2O)cc1. The molecule has 2 aliphatic rings. The lowest BCUT2D eigenvalue weighted by molar-refractivity contribution is -0.116. The third-order valence-corrected chi connectivity index (χ3v) is 5.65. The van der Waals surface area contributed by atoms with Gasteiger partial charge in [0, 0.05) is 36.2 Å². The van der Waals surface area contributed by atoms with E-state index in [4.69, 9.17) is 4.74 Å². The highest BCUT2D eigenvalue weighted by atomic mass is 32.2. The van der Waals surface area contributed by atoms with Gasteiger partial charge in [0.05, 0.1) is 6.10 Å². The molecule has 1 saturated heterocycles. The molecule has 0 radical (unpaired) electrons. The number of hydrogen-bond acceptors (Lipinski definition) is 5. The van der Waals surface area contributed by atoms with Gasteiger partial charge in [-0.05, 0) is 43.5 Å². The Morgan fingerprint density at radius 1 is 1.29 bits per heavy atom. The summed E-state index contributed by atoms with van der Waals surface area (Å²) >= 11 is 1.89. The van der Waals surface area contributed by atoms with Crippen LogP contribution in [-0.4, -0.2) is 47.3 Å². The van der Waals surface area contributed by atoms with Crippen molar-refractivity contribution in [1.29, 1.82) is 0 Å². The van der Waals surface area contributed by atoms with Crippen LogP contribution in [0.25, 0.3) is 0 Å². The third-order valence-electron chi connectivity index (χ3n) is 4.52. The van der Waals surface area contributed by atoms with Crippen LogP contribution >= 0.6 is 11.8 Å². The number of anilines is 1. The molecule has 1 saturated carbocycles. The number of thioether (sulfide) groups is 1. The monoisotopic (exact) mass is 350 g/mol. The number of nitrogens with one attached hydrogen (secondary N) is 2. The molecule has 1 aromatic carbocycles. The van der Waals surface area contributed by atoms with Crippen molar-refractivity contribution < 1.29 is 14.6 Å². The van der Waals surface area contributed by atoms with E-state index in [-0.39, 0.29) is 24.2 Å². The minimum Gasteiger partial charge on any atom is -0.488 e. The van der Waals surface area contributed by atoms with Gasteiger partial charge < -0.3 is 20.5 Å². The Kier molecular flexibility index (Phi) is 6.40. The maximum Gasteiger partial charge on any atom is 0.225 e. The molecular weight excluding hydrogens is 324 g/mol. The van der Waals surface area contributed by atoms with Crippen LogP contribution in [0.5, 0.6) is 5.75 Å². The highest BCUT2D eigenvalue weighted by Gasteiger charge is 2.24. The molecule has 0 aromatic heterocycles. The van der Waals surface area contributed by atoms with E-state index in [0.717, 1.165) is 55.2 Å². The van der Waals surface area contributed by atoms with Gasteiger partial charge >= 0.3 is 0 Å². The summed E-state index contributed by atoms with van der Waals surface area (Å²) in [6.07, 6.45) is 3.88. The fraction of sp³-hybridized carbons (Fsp3) is 0.611. The summed E-state index contributed by atoms with van der Waals surface area (Å²) in [7, 11) is 0. The second kappa shape index (κ2) is 8.74. The molecular formula is C18H26N2O3S. The molecule has 5 nitrogen and oxygen atoms in total. The lowest BCUT2D eigenvalue weighted by Crippen LogP contribution is -2.39. The summed E-state index contributed by atoms with van der Waals surface area (Å²) in [6, 6.07) is 7.67. The number of amides is 1. The Hall–Kier alpha value is -1.24. The van der Waals surface area contributed by atoms with E-state index < -0.39 is 0 Å². The summed E-state index contributed by atoms with van der Waals surface area (Å²) in [5, 5.41) is 16.3. The number of carbonyl (C=O) groups is 1. The Bertz CT molecular complexity index is 532. The van der Waals surface area contributed by atoms with Crippen molar-refractivity contribution in [2.24, 2.45) is 0 Å². The topological polar surface area (TPSA) is 70.6 Å². The zero-order chi connectivity index (χ0) is 16.8. The van der Waals surface area contributed by atoms with Gasteiger partial charge in [0.1, 0.15) is 11.9 Å². The molecule has 6 heteroatoms. The second-order valence-electron chi connectivity index (χ2n) is 6.51. The van der Waals surface area contributed by atoms with E-state index in [1.807, 2.05) is 36.0 Å². The lowest BCUT2D eigenvalue weighted by Gasteiger charge is -2.28. The van der Waals surface area contributed by atoms with Gasteiger partial charge in [0.15, 0.2) is 0 Å². The predicted octanol–water partition coefficient (Wildman–Crippen LogP) is 2.40. The summed E-state index contributed by atoms with van der Waals surface area (Å²) < 4.78 is 5.87. The van der Waals surface area contributed by atoms with Crippen LogP contribution in [0.2, 0.25) is 0 Å². The molecule has 1 aromatic rings. The maximum atomic E-state index is 12.1. The number of aliphatic hydroxyl groups excluding tert-OH is 1. The van der Waals surface area contributed by atoms with Crippen molar-refractivity contribution in [3.8, 4) is 5.75 Å². The summed E-state index contributed by atoms with van der Waals surface area (Å²) in [5.74, 6) is 2.88.